The average Bonchev–Trinajstić information content (AvgIpc) is 3.27. The molecule has 174 valence electrons. The lowest BCUT2D eigenvalue weighted by molar-refractivity contribution is -0.140. The van der Waals surface area contributed by atoms with Crippen LogP contribution < -0.4 is 4.74 Å². The topological polar surface area (TPSA) is 64.4 Å². The predicted molar refractivity (Wildman–Crippen MR) is 120 cm³/mol. The van der Waals surface area contributed by atoms with Gasteiger partial charge in [0.1, 0.15) is 5.75 Å². The van der Waals surface area contributed by atoms with Gasteiger partial charge in [-0.05, 0) is 43.2 Å². The van der Waals surface area contributed by atoms with E-state index in [4.69, 9.17) is 4.74 Å². The monoisotopic (exact) mass is 467 g/mol. The van der Waals surface area contributed by atoms with Crippen molar-refractivity contribution in [1.82, 2.24) is 14.5 Å². The first kappa shape index (κ1) is 21.9. The van der Waals surface area contributed by atoms with E-state index >= 15 is 0 Å². The molecule has 34 heavy (non-hydrogen) atoms. The molecule has 5 rings (SSSR count). The molecule has 0 spiro atoms. The standard InChI is InChI=1S/C25H20F3N3O3/c1-34-15-8-9-16-17-10-11-29-22(25(26,27)28)21(17)30(20(16)14-15)12-4-5-13-31-23(32)18-6-2-3-7-19(18)24(31)33/h2-3,6-11,14H,4-5,12-13H2,1H3. The Morgan fingerprint density at radius 1 is 0.912 bits per heavy atom. The number of alkyl halides is 3. The van der Waals surface area contributed by atoms with Crippen LogP contribution >= 0.6 is 0 Å². The van der Waals surface area contributed by atoms with Crippen LogP contribution in [0.15, 0.2) is 54.7 Å². The lowest BCUT2D eigenvalue weighted by Gasteiger charge is -2.15. The SMILES string of the molecule is COc1ccc2c3ccnc(C(F)(F)F)c3n(CCCCN3C(=O)c4ccccc4C3=O)c2c1. The van der Waals surface area contributed by atoms with Gasteiger partial charge in [0.05, 0.1) is 29.3 Å². The highest BCUT2D eigenvalue weighted by Gasteiger charge is 2.37. The minimum atomic E-state index is -4.62. The van der Waals surface area contributed by atoms with Gasteiger partial charge >= 0.3 is 6.18 Å². The Morgan fingerprint density at radius 2 is 1.59 bits per heavy atom. The number of nitrogens with zero attached hydrogens (tertiary/aromatic N) is 3. The van der Waals surface area contributed by atoms with Crippen LogP contribution in [0.2, 0.25) is 0 Å². The smallest absolute Gasteiger partial charge is 0.435 e. The van der Waals surface area contributed by atoms with E-state index in [1.807, 2.05) is 0 Å². The summed E-state index contributed by atoms with van der Waals surface area (Å²) in [7, 11) is 1.50. The zero-order valence-corrected chi connectivity index (χ0v) is 18.2. The number of fused-ring (bicyclic) bond motifs is 4. The lowest BCUT2D eigenvalue weighted by atomic mass is 10.1. The highest BCUT2D eigenvalue weighted by atomic mass is 19.4. The number of aromatic nitrogens is 2. The summed E-state index contributed by atoms with van der Waals surface area (Å²) in [5.41, 5.74) is 0.429. The molecule has 1 aliphatic heterocycles. The highest BCUT2D eigenvalue weighted by molar-refractivity contribution is 6.21. The van der Waals surface area contributed by atoms with Crippen molar-refractivity contribution in [2.75, 3.05) is 13.7 Å². The van der Waals surface area contributed by atoms with Crippen LogP contribution in [0.4, 0.5) is 13.2 Å². The number of carbonyl (C=O) groups is 2. The number of aryl methyl sites for hydroxylation is 1. The van der Waals surface area contributed by atoms with Gasteiger partial charge in [-0.25, -0.2) is 4.98 Å². The summed E-state index contributed by atoms with van der Waals surface area (Å²) in [4.78, 5) is 29.9. The van der Waals surface area contributed by atoms with Gasteiger partial charge in [-0.1, -0.05) is 12.1 Å². The Balaban J connectivity index is 1.44. The summed E-state index contributed by atoms with van der Waals surface area (Å²) in [6.07, 6.45) is -2.55. The second kappa shape index (κ2) is 8.16. The molecule has 2 amide bonds. The zero-order chi connectivity index (χ0) is 24.0. The molecule has 0 N–H and O–H groups in total. The molecule has 6 nitrogen and oxygen atoms in total. The molecule has 3 heterocycles. The minimum absolute atomic E-state index is 0.0129. The van der Waals surface area contributed by atoms with E-state index in [-0.39, 0.29) is 30.4 Å². The van der Waals surface area contributed by atoms with Gasteiger partial charge in [-0.2, -0.15) is 13.2 Å². The summed E-state index contributed by atoms with van der Waals surface area (Å²) in [5.74, 6) is -0.152. The quantitative estimate of drug-likeness (QED) is 0.285. The molecule has 4 aromatic rings. The summed E-state index contributed by atoms with van der Waals surface area (Å²) >= 11 is 0. The summed E-state index contributed by atoms with van der Waals surface area (Å²) in [6.45, 7) is 0.447. The van der Waals surface area contributed by atoms with E-state index in [9.17, 15) is 22.8 Å². The van der Waals surface area contributed by atoms with Gasteiger partial charge < -0.3 is 9.30 Å². The molecule has 9 heteroatoms. The number of carbonyl (C=O) groups excluding carboxylic acids is 2. The third kappa shape index (κ3) is 3.48. The summed E-state index contributed by atoms with van der Waals surface area (Å²) in [5, 5.41) is 1.13. The van der Waals surface area contributed by atoms with E-state index < -0.39 is 11.9 Å². The number of hydrogen-bond donors (Lipinski definition) is 0. The van der Waals surface area contributed by atoms with Crippen molar-refractivity contribution in [2.45, 2.75) is 25.6 Å². The number of unbranched alkanes of at least 4 members (excludes halogenated alkanes) is 1. The molecule has 0 radical (unpaired) electrons. The van der Waals surface area contributed by atoms with Crippen molar-refractivity contribution in [1.29, 1.82) is 0 Å². The van der Waals surface area contributed by atoms with Crippen molar-refractivity contribution >= 4 is 33.6 Å². The number of hydrogen-bond acceptors (Lipinski definition) is 4. The molecule has 0 fully saturated rings. The highest BCUT2D eigenvalue weighted by Crippen LogP contribution is 2.39. The minimum Gasteiger partial charge on any atom is -0.497 e. The number of imide groups is 1. The predicted octanol–water partition coefficient (Wildman–Crippen LogP) is 5.29. The second-order valence-corrected chi connectivity index (χ2v) is 8.10. The maximum atomic E-state index is 13.8. The third-order valence-electron chi connectivity index (χ3n) is 6.14. The van der Waals surface area contributed by atoms with Crippen LogP contribution in [-0.4, -0.2) is 39.9 Å². The van der Waals surface area contributed by atoms with E-state index in [1.54, 1.807) is 53.1 Å². The van der Waals surface area contributed by atoms with Gasteiger partial charge in [-0.15, -0.1) is 0 Å². The van der Waals surface area contributed by atoms with E-state index in [0.717, 1.165) is 0 Å². The van der Waals surface area contributed by atoms with Gasteiger partial charge in [0, 0.05) is 36.1 Å². The molecule has 0 saturated carbocycles. The van der Waals surface area contributed by atoms with Gasteiger partial charge in [0.25, 0.3) is 11.8 Å². The molecule has 2 aromatic heterocycles. The van der Waals surface area contributed by atoms with Crippen LogP contribution in [0.25, 0.3) is 21.8 Å². The first-order chi connectivity index (χ1) is 16.3. The lowest BCUT2D eigenvalue weighted by Crippen LogP contribution is -2.30. The van der Waals surface area contributed by atoms with Crippen LogP contribution in [0.3, 0.4) is 0 Å². The van der Waals surface area contributed by atoms with Crippen molar-refractivity contribution < 1.29 is 27.5 Å². The third-order valence-corrected chi connectivity index (χ3v) is 6.14. The van der Waals surface area contributed by atoms with Crippen LogP contribution in [0.5, 0.6) is 5.75 Å². The first-order valence-electron chi connectivity index (χ1n) is 10.8. The Bertz CT molecular complexity index is 1410. The molecule has 0 saturated heterocycles. The molecular weight excluding hydrogens is 447 g/mol. The molecule has 0 unspecified atom stereocenters. The van der Waals surface area contributed by atoms with Gasteiger partial charge in [0.2, 0.25) is 0 Å². The van der Waals surface area contributed by atoms with Crippen molar-refractivity contribution in [2.24, 2.45) is 0 Å². The molecule has 0 atom stereocenters. The number of methoxy groups -OCH3 is 1. The van der Waals surface area contributed by atoms with E-state index in [1.165, 1.54) is 18.2 Å². The largest absolute Gasteiger partial charge is 0.497 e. The Hall–Kier alpha value is -3.88. The fraction of sp³-hybridized carbons (Fsp3) is 0.240. The number of ether oxygens (including phenoxy) is 1. The fourth-order valence-corrected chi connectivity index (χ4v) is 4.58. The summed E-state index contributed by atoms with van der Waals surface area (Å²) < 4.78 is 48.3. The fourth-order valence-electron chi connectivity index (χ4n) is 4.58. The molecule has 0 bridgehead atoms. The Kier molecular flexibility index (Phi) is 5.27. The normalized spacial score (nSPS) is 13.8. The maximum Gasteiger partial charge on any atom is 0.435 e. The van der Waals surface area contributed by atoms with Gasteiger partial charge in [-0.3, -0.25) is 14.5 Å². The average molecular weight is 467 g/mol. The zero-order valence-electron chi connectivity index (χ0n) is 18.2. The molecule has 0 aliphatic carbocycles. The number of benzene rings is 2. The number of amides is 2. The Morgan fingerprint density at radius 3 is 2.24 bits per heavy atom. The Labute approximate surface area is 192 Å². The van der Waals surface area contributed by atoms with Crippen molar-refractivity contribution in [3.8, 4) is 5.75 Å². The van der Waals surface area contributed by atoms with Crippen LogP contribution in [0.1, 0.15) is 39.3 Å². The molecule has 1 aliphatic rings. The molecular formula is C25H20F3N3O3. The first-order valence-corrected chi connectivity index (χ1v) is 10.8. The number of rotatable bonds is 6. The van der Waals surface area contributed by atoms with Crippen molar-refractivity contribution in [3.63, 3.8) is 0 Å². The van der Waals surface area contributed by atoms with E-state index in [2.05, 4.69) is 4.98 Å². The van der Waals surface area contributed by atoms with Gasteiger partial charge in [0.15, 0.2) is 5.69 Å². The molecule has 2 aromatic carbocycles. The second-order valence-electron chi connectivity index (χ2n) is 8.10. The maximum absolute atomic E-state index is 13.8. The number of pyridine rings is 1. The summed E-state index contributed by atoms with van der Waals surface area (Å²) in [6, 6.07) is 13.4. The van der Waals surface area contributed by atoms with Crippen LogP contribution in [0, 0.1) is 0 Å². The number of halogens is 3. The van der Waals surface area contributed by atoms with Crippen LogP contribution in [-0.2, 0) is 12.7 Å². The van der Waals surface area contributed by atoms with E-state index in [0.29, 0.717) is 46.0 Å². The van der Waals surface area contributed by atoms with Crippen molar-refractivity contribution in [3.05, 3.63) is 71.5 Å².